The van der Waals surface area contributed by atoms with Gasteiger partial charge < -0.3 is 14.0 Å². The van der Waals surface area contributed by atoms with E-state index in [1.165, 1.54) is 0 Å². The molecule has 0 radical (unpaired) electrons. The second kappa shape index (κ2) is 6.47. The number of hydrogen-bond acceptors (Lipinski definition) is 6. The van der Waals surface area contributed by atoms with Gasteiger partial charge in [-0.25, -0.2) is 0 Å². The topological polar surface area (TPSA) is 57.4 Å². The van der Waals surface area contributed by atoms with Gasteiger partial charge in [0.05, 0.1) is 20.0 Å². The van der Waals surface area contributed by atoms with Gasteiger partial charge in [-0.15, -0.1) is 11.8 Å². The van der Waals surface area contributed by atoms with Crippen molar-refractivity contribution in [3.8, 4) is 11.5 Å². The lowest BCUT2D eigenvalue weighted by atomic mass is 10.3. The summed E-state index contributed by atoms with van der Waals surface area (Å²) < 4.78 is 15.5. The van der Waals surface area contributed by atoms with Crippen molar-refractivity contribution in [1.82, 2.24) is 10.1 Å². The summed E-state index contributed by atoms with van der Waals surface area (Å²) in [6, 6.07) is 5.80. The predicted octanol–water partition coefficient (Wildman–Crippen LogP) is 2.94. The molecule has 0 saturated carbocycles. The maximum absolute atomic E-state index is 5.26. The molecule has 0 unspecified atom stereocenters. The van der Waals surface area contributed by atoms with Crippen LogP contribution in [-0.4, -0.2) is 24.4 Å². The van der Waals surface area contributed by atoms with Gasteiger partial charge in [-0.2, -0.15) is 4.98 Å². The molecule has 0 N–H and O–H groups in total. The van der Waals surface area contributed by atoms with Gasteiger partial charge in [0.15, 0.2) is 17.3 Å². The van der Waals surface area contributed by atoms with Gasteiger partial charge >= 0.3 is 0 Å². The molecule has 1 aromatic heterocycles. The predicted molar refractivity (Wildman–Crippen MR) is 72.8 cm³/mol. The molecular weight excluding hydrogens is 264 g/mol. The van der Waals surface area contributed by atoms with Gasteiger partial charge in [-0.1, -0.05) is 12.1 Å². The molecular formula is C13H16N2O3S. The number of nitrogens with zero attached hydrogens (tertiary/aromatic N) is 2. The van der Waals surface area contributed by atoms with Crippen LogP contribution in [0.25, 0.3) is 0 Å². The molecule has 0 aliphatic heterocycles. The van der Waals surface area contributed by atoms with Gasteiger partial charge in [0.1, 0.15) is 0 Å². The van der Waals surface area contributed by atoms with Gasteiger partial charge in [0, 0.05) is 11.3 Å². The summed E-state index contributed by atoms with van der Waals surface area (Å²) in [5, 5.41) is 3.92. The Hall–Kier alpha value is -1.69. The smallest absolute Gasteiger partial charge is 0.226 e. The molecule has 1 aromatic carbocycles. The molecule has 2 rings (SSSR count). The molecule has 0 aliphatic carbocycles. The number of ether oxygens (including phenoxy) is 2. The Morgan fingerprint density at radius 3 is 2.63 bits per heavy atom. The zero-order chi connectivity index (χ0) is 13.7. The van der Waals surface area contributed by atoms with E-state index < -0.39 is 0 Å². The van der Waals surface area contributed by atoms with Crippen LogP contribution < -0.4 is 9.47 Å². The summed E-state index contributed by atoms with van der Waals surface area (Å²) in [6.07, 6.45) is 0.758. The molecule has 0 spiro atoms. The van der Waals surface area contributed by atoms with Crippen molar-refractivity contribution < 1.29 is 14.0 Å². The average molecular weight is 280 g/mol. The van der Waals surface area contributed by atoms with E-state index in [-0.39, 0.29) is 0 Å². The number of aromatic nitrogens is 2. The summed E-state index contributed by atoms with van der Waals surface area (Å²) in [5.74, 6) is 3.48. The molecule has 0 atom stereocenters. The van der Waals surface area contributed by atoms with Gasteiger partial charge in [0.2, 0.25) is 5.89 Å². The van der Waals surface area contributed by atoms with Crippen LogP contribution in [0.15, 0.2) is 27.6 Å². The van der Waals surface area contributed by atoms with Crippen LogP contribution in [-0.2, 0) is 12.2 Å². The maximum Gasteiger partial charge on any atom is 0.226 e. The minimum atomic E-state index is 0.666. The Balaban J connectivity index is 2.03. The average Bonchev–Trinajstić information content (AvgIpc) is 2.92. The molecule has 19 heavy (non-hydrogen) atoms. The van der Waals surface area contributed by atoms with Crippen molar-refractivity contribution in [2.24, 2.45) is 0 Å². The first-order valence-electron chi connectivity index (χ1n) is 5.93. The SMILES string of the molecule is CCc1nc(CSc2ccc(OC)c(OC)c2)no1. The fraction of sp³-hybridized carbons (Fsp3) is 0.385. The molecule has 0 bridgehead atoms. The highest BCUT2D eigenvalue weighted by molar-refractivity contribution is 7.98. The van der Waals surface area contributed by atoms with E-state index in [2.05, 4.69) is 10.1 Å². The van der Waals surface area contributed by atoms with Crippen LogP contribution >= 0.6 is 11.8 Å². The van der Waals surface area contributed by atoms with Crippen LogP contribution in [0.4, 0.5) is 0 Å². The Morgan fingerprint density at radius 2 is 2.00 bits per heavy atom. The van der Waals surface area contributed by atoms with Crippen molar-refractivity contribution in [2.75, 3.05) is 14.2 Å². The summed E-state index contributed by atoms with van der Waals surface area (Å²) in [7, 11) is 3.25. The second-order valence-corrected chi connectivity index (χ2v) is 4.81. The lowest BCUT2D eigenvalue weighted by Crippen LogP contribution is -1.91. The lowest BCUT2D eigenvalue weighted by Gasteiger charge is -2.08. The third kappa shape index (κ3) is 3.41. The fourth-order valence-electron chi connectivity index (χ4n) is 1.55. The third-order valence-electron chi connectivity index (χ3n) is 2.54. The minimum Gasteiger partial charge on any atom is -0.493 e. The van der Waals surface area contributed by atoms with E-state index in [1.807, 2.05) is 25.1 Å². The Morgan fingerprint density at radius 1 is 1.21 bits per heavy atom. The Kier molecular flexibility index (Phi) is 4.68. The van der Waals surface area contributed by atoms with Crippen molar-refractivity contribution >= 4 is 11.8 Å². The molecule has 102 valence electrons. The van der Waals surface area contributed by atoms with E-state index in [1.54, 1.807) is 26.0 Å². The highest BCUT2D eigenvalue weighted by Crippen LogP contribution is 2.32. The van der Waals surface area contributed by atoms with E-state index in [0.29, 0.717) is 17.5 Å². The van der Waals surface area contributed by atoms with Gasteiger partial charge in [0.25, 0.3) is 0 Å². The second-order valence-electron chi connectivity index (χ2n) is 3.76. The van der Waals surface area contributed by atoms with Crippen LogP contribution in [0.3, 0.4) is 0 Å². The Bertz CT molecular complexity index is 542. The highest BCUT2D eigenvalue weighted by atomic mass is 32.2. The number of hydrogen-bond donors (Lipinski definition) is 0. The van der Waals surface area contributed by atoms with Crippen LogP contribution in [0.1, 0.15) is 18.6 Å². The third-order valence-corrected chi connectivity index (χ3v) is 3.53. The summed E-state index contributed by atoms with van der Waals surface area (Å²) in [6.45, 7) is 1.98. The highest BCUT2D eigenvalue weighted by Gasteiger charge is 2.08. The fourth-order valence-corrected chi connectivity index (χ4v) is 2.31. The first kappa shape index (κ1) is 13.7. The lowest BCUT2D eigenvalue weighted by molar-refractivity contribution is 0.354. The first-order chi connectivity index (χ1) is 9.26. The zero-order valence-electron chi connectivity index (χ0n) is 11.2. The maximum atomic E-state index is 5.26. The van der Waals surface area contributed by atoms with Gasteiger partial charge in [-0.3, -0.25) is 0 Å². The standard InChI is InChI=1S/C13H16N2O3S/c1-4-13-14-12(15-18-13)8-19-9-5-6-10(16-2)11(7-9)17-3/h5-7H,4,8H2,1-3H3. The molecule has 0 saturated heterocycles. The largest absolute Gasteiger partial charge is 0.493 e. The Labute approximate surface area is 116 Å². The molecule has 0 amide bonds. The number of aryl methyl sites for hydroxylation is 1. The first-order valence-corrected chi connectivity index (χ1v) is 6.91. The van der Waals surface area contributed by atoms with Crippen LogP contribution in [0, 0.1) is 0 Å². The summed E-state index contributed by atoms with van der Waals surface area (Å²) in [5.41, 5.74) is 0. The van der Waals surface area contributed by atoms with Crippen molar-refractivity contribution in [1.29, 1.82) is 0 Å². The molecule has 0 aliphatic rings. The van der Waals surface area contributed by atoms with Crippen molar-refractivity contribution in [3.63, 3.8) is 0 Å². The van der Waals surface area contributed by atoms with Crippen LogP contribution in [0.5, 0.6) is 11.5 Å². The van der Waals surface area contributed by atoms with Gasteiger partial charge in [-0.05, 0) is 18.2 Å². The van der Waals surface area contributed by atoms with E-state index in [9.17, 15) is 0 Å². The minimum absolute atomic E-state index is 0.666. The van der Waals surface area contributed by atoms with E-state index in [0.717, 1.165) is 22.8 Å². The summed E-state index contributed by atoms with van der Waals surface area (Å²) in [4.78, 5) is 5.34. The normalized spacial score (nSPS) is 10.5. The quantitative estimate of drug-likeness (QED) is 0.758. The molecule has 6 heteroatoms. The van der Waals surface area contributed by atoms with E-state index >= 15 is 0 Å². The number of thioether (sulfide) groups is 1. The van der Waals surface area contributed by atoms with Crippen molar-refractivity contribution in [3.05, 3.63) is 29.9 Å². The summed E-state index contributed by atoms with van der Waals surface area (Å²) >= 11 is 1.63. The molecule has 0 fully saturated rings. The van der Waals surface area contributed by atoms with Crippen molar-refractivity contribution in [2.45, 2.75) is 24.0 Å². The molecule has 1 heterocycles. The van der Waals surface area contributed by atoms with Crippen LogP contribution in [0.2, 0.25) is 0 Å². The molecule has 5 nitrogen and oxygen atoms in total. The molecule has 2 aromatic rings. The monoisotopic (exact) mass is 280 g/mol. The zero-order valence-corrected chi connectivity index (χ0v) is 12.0. The number of benzene rings is 1. The van der Waals surface area contributed by atoms with E-state index in [4.69, 9.17) is 14.0 Å². The number of rotatable bonds is 6. The number of methoxy groups -OCH3 is 2.